The van der Waals surface area contributed by atoms with Gasteiger partial charge in [-0.15, -0.1) is 0 Å². The van der Waals surface area contributed by atoms with Gasteiger partial charge in [0.25, 0.3) is 11.5 Å². The molecule has 0 saturated carbocycles. The van der Waals surface area contributed by atoms with Gasteiger partial charge in [0.1, 0.15) is 17.2 Å². The van der Waals surface area contributed by atoms with E-state index in [2.05, 4.69) is 10.4 Å². The van der Waals surface area contributed by atoms with E-state index in [0.29, 0.717) is 18.0 Å². The zero-order valence-electron chi connectivity index (χ0n) is 14.7. The smallest absolute Gasteiger partial charge is 0.271 e. The molecule has 2 rings (SSSR count). The molecular formula is C18H23N3O4. The number of carbonyl (C=O) groups excluding carboxylic acids is 1. The third kappa shape index (κ3) is 4.82. The van der Waals surface area contributed by atoms with Crippen molar-refractivity contribution in [3.63, 3.8) is 0 Å². The van der Waals surface area contributed by atoms with Crippen LogP contribution >= 0.6 is 0 Å². The minimum atomic E-state index is -0.344. The molecule has 0 aliphatic heterocycles. The quantitative estimate of drug-likeness (QED) is 0.791. The van der Waals surface area contributed by atoms with Gasteiger partial charge in [0.05, 0.1) is 14.2 Å². The summed E-state index contributed by atoms with van der Waals surface area (Å²) in [5.41, 5.74) is 0.820. The molecule has 0 aliphatic carbocycles. The Bertz CT molecular complexity index is 786. The number of hydrogen-bond donors (Lipinski definition) is 1. The average Bonchev–Trinajstić information content (AvgIpc) is 2.65. The van der Waals surface area contributed by atoms with E-state index in [9.17, 15) is 9.59 Å². The molecule has 0 spiro atoms. The lowest BCUT2D eigenvalue weighted by Crippen LogP contribution is -2.29. The second kappa shape index (κ2) is 8.86. The summed E-state index contributed by atoms with van der Waals surface area (Å²) in [6, 6.07) is 8.18. The second-order valence-electron chi connectivity index (χ2n) is 5.49. The Morgan fingerprint density at radius 1 is 1.20 bits per heavy atom. The SMILES string of the molecule is CCCCn1nc(C(=O)NCc2ccc(OC)cc2OC)ccc1=O. The number of rotatable bonds is 8. The number of aryl methyl sites for hydroxylation is 1. The topological polar surface area (TPSA) is 82.5 Å². The van der Waals surface area contributed by atoms with Crippen LogP contribution in [0.1, 0.15) is 35.8 Å². The average molecular weight is 345 g/mol. The zero-order valence-corrected chi connectivity index (χ0v) is 14.7. The summed E-state index contributed by atoms with van der Waals surface area (Å²) >= 11 is 0. The highest BCUT2D eigenvalue weighted by Gasteiger charge is 2.11. The van der Waals surface area contributed by atoms with E-state index >= 15 is 0 Å². The molecule has 1 N–H and O–H groups in total. The van der Waals surface area contributed by atoms with Gasteiger partial charge >= 0.3 is 0 Å². The standard InChI is InChI=1S/C18H23N3O4/c1-4-5-10-21-17(22)9-8-15(20-21)18(23)19-12-13-6-7-14(24-2)11-16(13)25-3/h6-9,11H,4-5,10,12H2,1-3H3,(H,19,23). The van der Waals surface area contributed by atoms with Crippen molar-refractivity contribution < 1.29 is 14.3 Å². The molecule has 1 heterocycles. The Hall–Kier alpha value is -2.83. The Kier molecular flexibility index (Phi) is 6.56. The van der Waals surface area contributed by atoms with E-state index in [-0.39, 0.29) is 23.7 Å². The second-order valence-corrected chi connectivity index (χ2v) is 5.49. The van der Waals surface area contributed by atoms with Gasteiger partial charge < -0.3 is 14.8 Å². The Balaban J connectivity index is 2.09. The molecule has 0 fully saturated rings. The van der Waals surface area contributed by atoms with E-state index in [4.69, 9.17) is 9.47 Å². The Labute approximate surface area is 146 Å². The molecule has 1 aromatic carbocycles. The summed E-state index contributed by atoms with van der Waals surface area (Å²) in [7, 11) is 3.14. The fraction of sp³-hybridized carbons (Fsp3) is 0.389. The number of methoxy groups -OCH3 is 2. The lowest BCUT2D eigenvalue weighted by molar-refractivity contribution is 0.0943. The molecular weight excluding hydrogens is 322 g/mol. The van der Waals surface area contributed by atoms with Crippen molar-refractivity contribution in [1.82, 2.24) is 15.1 Å². The van der Waals surface area contributed by atoms with Crippen LogP contribution in [0.15, 0.2) is 35.1 Å². The number of ether oxygens (including phenoxy) is 2. The maximum Gasteiger partial charge on any atom is 0.271 e. The van der Waals surface area contributed by atoms with Crippen LogP contribution in [-0.2, 0) is 13.1 Å². The third-order valence-corrected chi connectivity index (χ3v) is 3.76. The van der Waals surface area contributed by atoms with Gasteiger partial charge in [0, 0.05) is 30.8 Å². The van der Waals surface area contributed by atoms with Crippen molar-refractivity contribution in [3.05, 3.63) is 51.9 Å². The molecule has 25 heavy (non-hydrogen) atoms. The molecule has 2 aromatic rings. The van der Waals surface area contributed by atoms with Gasteiger partial charge in [-0.1, -0.05) is 13.3 Å². The van der Waals surface area contributed by atoms with Crippen molar-refractivity contribution in [2.45, 2.75) is 32.9 Å². The summed E-state index contributed by atoms with van der Waals surface area (Å²) in [5.74, 6) is 0.959. The molecule has 0 bridgehead atoms. The van der Waals surface area contributed by atoms with Crippen LogP contribution in [0.5, 0.6) is 11.5 Å². The summed E-state index contributed by atoms with van der Waals surface area (Å²) in [5, 5.41) is 6.93. The van der Waals surface area contributed by atoms with E-state index in [1.807, 2.05) is 13.0 Å². The monoisotopic (exact) mass is 345 g/mol. The first kappa shape index (κ1) is 18.5. The molecule has 7 nitrogen and oxygen atoms in total. The van der Waals surface area contributed by atoms with Gasteiger partial charge in [-0.3, -0.25) is 9.59 Å². The normalized spacial score (nSPS) is 10.4. The maximum absolute atomic E-state index is 12.3. The van der Waals surface area contributed by atoms with Crippen LogP contribution in [0.25, 0.3) is 0 Å². The predicted molar refractivity (Wildman–Crippen MR) is 94.1 cm³/mol. The van der Waals surface area contributed by atoms with Crippen LogP contribution in [0.3, 0.4) is 0 Å². The van der Waals surface area contributed by atoms with Gasteiger partial charge in [0.2, 0.25) is 0 Å². The molecule has 0 radical (unpaired) electrons. The number of amides is 1. The molecule has 1 aromatic heterocycles. The van der Waals surface area contributed by atoms with Crippen LogP contribution in [-0.4, -0.2) is 29.9 Å². The van der Waals surface area contributed by atoms with Crippen molar-refractivity contribution >= 4 is 5.91 Å². The molecule has 0 unspecified atom stereocenters. The molecule has 7 heteroatoms. The zero-order chi connectivity index (χ0) is 18.2. The fourth-order valence-corrected chi connectivity index (χ4v) is 2.30. The molecule has 1 amide bonds. The minimum Gasteiger partial charge on any atom is -0.497 e. The fourth-order valence-electron chi connectivity index (χ4n) is 2.30. The number of carbonyl (C=O) groups is 1. The van der Waals surface area contributed by atoms with Gasteiger partial charge in [-0.05, 0) is 24.6 Å². The Morgan fingerprint density at radius 3 is 2.68 bits per heavy atom. The van der Waals surface area contributed by atoms with E-state index < -0.39 is 0 Å². The first-order chi connectivity index (χ1) is 12.1. The summed E-state index contributed by atoms with van der Waals surface area (Å²) < 4.78 is 11.8. The summed E-state index contributed by atoms with van der Waals surface area (Å²) in [6.45, 7) is 2.81. The number of aromatic nitrogens is 2. The third-order valence-electron chi connectivity index (χ3n) is 3.76. The largest absolute Gasteiger partial charge is 0.497 e. The van der Waals surface area contributed by atoms with Crippen molar-refractivity contribution in [2.24, 2.45) is 0 Å². The highest BCUT2D eigenvalue weighted by Crippen LogP contribution is 2.24. The number of hydrogen-bond acceptors (Lipinski definition) is 5. The van der Waals surface area contributed by atoms with Crippen molar-refractivity contribution in [2.75, 3.05) is 14.2 Å². The summed E-state index contributed by atoms with van der Waals surface area (Å²) in [6.07, 6.45) is 1.78. The van der Waals surface area contributed by atoms with E-state index in [0.717, 1.165) is 18.4 Å². The first-order valence-corrected chi connectivity index (χ1v) is 8.16. The first-order valence-electron chi connectivity index (χ1n) is 8.16. The van der Waals surface area contributed by atoms with Crippen molar-refractivity contribution in [3.8, 4) is 11.5 Å². The lowest BCUT2D eigenvalue weighted by atomic mass is 10.2. The van der Waals surface area contributed by atoms with E-state index in [1.54, 1.807) is 26.4 Å². The lowest BCUT2D eigenvalue weighted by Gasteiger charge is -2.11. The van der Waals surface area contributed by atoms with Gasteiger partial charge in [-0.2, -0.15) is 5.10 Å². The van der Waals surface area contributed by atoms with Crippen LogP contribution in [0.2, 0.25) is 0 Å². The molecule has 0 aliphatic rings. The van der Waals surface area contributed by atoms with Crippen LogP contribution in [0.4, 0.5) is 0 Å². The van der Waals surface area contributed by atoms with Gasteiger partial charge in [0.15, 0.2) is 0 Å². The highest BCUT2D eigenvalue weighted by molar-refractivity contribution is 5.92. The number of benzene rings is 1. The highest BCUT2D eigenvalue weighted by atomic mass is 16.5. The minimum absolute atomic E-state index is 0.207. The maximum atomic E-state index is 12.3. The number of nitrogens with one attached hydrogen (secondary N) is 1. The Morgan fingerprint density at radius 2 is 2.00 bits per heavy atom. The van der Waals surface area contributed by atoms with Gasteiger partial charge in [-0.25, -0.2) is 4.68 Å². The molecule has 134 valence electrons. The van der Waals surface area contributed by atoms with Crippen LogP contribution in [0, 0.1) is 0 Å². The van der Waals surface area contributed by atoms with Crippen LogP contribution < -0.4 is 20.3 Å². The van der Waals surface area contributed by atoms with Crippen molar-refractivity contribution in [1.29, 1.82) is 0 Å². The van der Waals surface area contributed by atoms with E-state index in [1.165, 1.54) is 16.8 Å². The summed E-state index contributed by atoms with van der Waals surface area (Å²) in [4.78, 5) is 24.1. The molecule has 0 saturated heterocycles. The number of nitrogens with zero attached hydrogens (tertiary/aromatic N) is 2. The predicted octanol–water partition coefficient (Wildman–Crippen LogP) is 1.99. The number of unbranched alkanes of at least 4 members (excludes halogenated alkanes) is 1. The molecule has 0 atom stereocenters.